The number of aromatic nitrogens is 2. The second-order valence-corrected chi connectivity index (χ2v) is 9.03. The second kappa shape index (κ2) is 7.44. The third kappa shape index (κ3) is 3.41. The molecule has 3 heterocycles. The Bertz CT molecular complexity index is 1170. The monoisotopic (exact) mass is 425 g/mol. The number of aromatic amines is 1. The third-order valence-electron chi connectivity index (χ3n) is 5.68. The van der Waals surface area contributed by atoms with E-state index in [1.165, 1.54) is 4.70 Å². The highest BCUT2D eigenvalue weighted by Crippen LogP contribution is 2.37. The van der Waals surface area contributed by atoms with Crippen molar-refractivity contribution < 1.29 is 9.90 Å². The van der Waals surface area contributed by atoms with Gasteiger partial charge >= 0.3 is 5.97 Å². The first-order valence-electron chi connectivity index (χ1n) is 9.69. The Kier molecular flexibility index (Phi) is 4.78. The van der Waals surface area contributed by atoms with Crippen LogP contribution in [0.15, 0.2) is 48.7 Å². The van der Waals surface area contributed by atoms with Gasteiger partial charge in [0.15, 0.2) is 0 Å². The van der Waals surface area contributed by atoms with Crippen LogP contribution < -0.4 is 0 Å². The lowest BCUT2D eigenvalue weighted by atomic mass is 9.95. The van der Waals surface area contributed by atoms with Crippen molar-refractivity contribution in [1.82, 2.24) is 14.9 Å². The minimum Gasteiger partial charge on any atom is -0.480 e. The molecule has 0 amide bonds. The maximum atomic E-state index is 12.3. The molecule has 7 heteroatoms. The van der Waals surface area contributed by atoms with E-state index in [-0.39, 0.29) is 5.92 Å². The Balaban J connectivity index is 1.47. The minimum atomic E-state index is -0.828. The van der Waals surface area contributed by atoms with E-state index >= 15 is 0 Å². The molecule has 4 aromatic rings. The Hall–Kier alpha value is -2.41. The summed E-state index contributed by atoms with van der Waals surface area (Å²) >= 11 is 7.81. The lowest BCUT2D eigenvalue weighted by molar-refractivity contribution is -0.144. The van der Waals surface area contributed by atoms with Gasteiger partial charge in [0.2, 0.25) is 0 Å². The van der Waals surface area contributed by atoms with Crippen LogP contribution in [0, 0.1) is 0 Å². The van der Waals surface area contributed by atoms with E-state index in [9.17, 15) is 9.90 Å². The molecular weight excluding hydrogens is 406 g/mol. The minimum absolute atomic E-state index is 0.252. The normalized spacial score (nSPS) is 19.0. The molecule has 2 N–H and O–H groups in total. The lowest BCUT2D eigenvalue weighted by Crippen LogP contribution is -2.40. The Morgan fingerprint density at radius 2 is 2.17 bits per heavy atom. The molecule has 0 saturated carbocycles. The third-order valence-corrected chi connectivity index (χ3v) is 7.12. The van der Waals surface area contributed by atoms with Gasteiger partial charge in [0, 0.05) is 40.1 Å². The van der Waals surface area contributed by atoms with Crippen molar-refractivity contribution in [3.8, 4) is 0 Å². The summed E-state index contributed by atoms with van der Waals surface area (Å²) in [6.07, 6.45) is 3.80. The number of likely N-dealkylation sites (tertiary alicyclic amines) is 1. The Morgan fingerprint density at radius 3 is 3.00 bits per heavy atom. The number of carboxylic acids is 1. The van der Waals surface area contributed by atoms with Crippen LogP contribution in [0.25, 0.3) is 21.1 Å². The van der Waals surface area contributed by atoms with Gasteiger partial charge in [-0.15, -0.1) is 11.3 Å². The fourth-order valence-corrected chi connectivity index (χ4v) is 5.61. The highest BCUT2D eigenvalue weighted by atomic mass is 35.5. The SMILES string of the molecule is O=C(O)[C@@H](c1c[nH]c2cc(Cl)ccc12)N1CCC[C@@H](c2nc3ccccc3s2)C1. The van der Waals surface area contributed by atoms with E-state index in [1.54, 1.807) is 23.6 Å². The molecule has 2 aromatic heterocycles. The van der Waals surface area contributed by atoms with Crippen molar-refractivity contribution in [2.75, 3.05) is 13.1 Å². The molecule has 1 saturated heterocycles. The molecule has 5 rings (SSSR count). The number of nitrogens with zero attached hydrogens (tertiary/aromatic N) is 2. The Morgan fingerprint density at radius 1 is 1.31 bits per heavy atom. The number of halogens is 1. The maximum Gasteiger partial charge on any atom is 0.325 e. The smallest absolute Gasteiger partial charge is 0.325 e. The molecule has 1 fully saturated rings. The van der Waals surface area contributed by atoms with Crippen molar-refractivity contribution in [1.29, 1.82) is 0 Å². The zero-order valence-corrected chi connectivity index (χ0v) is 17.2. The van der Waals surface area contributed by atoms with E-state index in [0.29, 0.717) is 11.6 Å². The van der Waals surface area contributed by atoms with Crippen LogP contribution in [0.3, 0.4) is 0 Å². The van der Waals surface area contributed by atoms with Gasteiger partial charge in [0.05, 0.1) is 15.2 Å². The highest BCUT2D eigenvalue weighted by Gasteiger charge is 2.34. The second-order valence-electron chi connectivity index (χ2n) is 7.53. The summed E-state index contributed by atoms with van der Waals surface area (Å²) in [6, 6.07) is 13.0. The zero-order valence-electron chi connectivity index (χ0n) is 15.6. The van der Waals surface area contributed by atoms with Gasteiger partial charge in [0.1, 0.15) is 6.04 Å². The van der Waals surface area contributed by atoms with Gasteiger partial charge in [-0.1, -0.05) is 29.8 Å². The molecular formula is C22H20ClN3O2S. The molecule has 0 spiro atoms. The number of H-pyrrole nitrogens is 1. The van der Waals surface area contributed by atoms with E-state index < -0.39 is 12.0 Å². The number of hydrogen-bond acceptors (Lipinski definition) is 4. The molecule has 148 valence electrons. The molecule has 0 radical (unpaired) electrons. The van der Waals surface area contributed by atoms with Gasteiger partial charge < -0.3 is 10.1 Å². The van der Waals surface area contributed by atoms with Crippen molar-refractivity contribution in [2.24, 2.45) is 0 Å². The van der Waals surface area contributed by atoms with Crippen LogP contribution in [-0.4, -0.2) is 39.0 Å². The summed E-state index contributed by atoms with van der Waals surface area (Å²) in [6.45, 7) is 1.45. The van der Waals surface area contributed by atoms with Crippen LogP contribution in [-0.2, 0) is 4.79 Å². The largest absolute Gasteiger partial charge is 0.480 e. The van der Waals surface area contributed by atoms with Crippen LogP contribution in [0.4, 0.5) is 0 Å². The van der Waals surface area contributed by atoms with Crippen LogP contribution in [0.2, 0.25) is 5.02 Å². The zero-order chi connectivity index (χ0) is 20.0. The quantitative estimate of drug-likeness (QED) is 0.457. The summed E-state index contributed by atoms with van der Waals surface area (Å²) in [5.74, 6) is -0.576. The summed E-state index contributed by atoms with van der Waals surface area (Å²) in [5.41, 5.74) is 2.67. The topological polar surface area (TPSA) is 69.2 Å². The number of nitrogens with one attached hydrogen (secondary N) is 1. The van der Waals surface area contributed by atoms with E-state index in [2.05, 4.69) is 16.0 Å². The molecule has 0 aliphatic carbocycles. The van der Waals surface area contributed by atoms with Crippen molar-refractivity contribution in [2.45, 2.75) is 24.8 Å². The van der Waals surface area contributed by atoms with Crippen molar-refractivity contribution in [3.05, 3.63) is 64.3 Å². The van der Waals surface area contributed by atoms with Crippen molar-refractivity contribution >= 4 is 50.0 Å². The van der Waals surface area contributed by atoms with E-state index in [1.807, 2.05) is 30.3 Å². The predicted octanol–water partition coefficient (Wildman–Crippen LogP) is 5.44. The average Bonchev–Trinajstić information content (AvgIpc) is 3.32. The summed E-state index contributed by atoms with van der Waals surface area (Å²) < 4.78 is 1.18. The first-order valence-corrected chi connectivity index (χ1v) is 10.9. The molecule has 1 aliphatic rings. The highest BCUT2D eigenvalue weighted by molar-refractivity contribution is 7.18. The number of benzene rings is 2. The average molecular weight is 426 g/mol. The van der Waals surface area contributed by atoms with Crippen LogP contribution in [0.1, 0.15) is 35.4 Å². The fourth-order valence-electron chi connectivity index (χ4n) is 4.34. The van der Waals surface area contributed by atoms with Gasteiger partial charge in [-0.2, -0.15) is 0 Å². The first kappa shape index (κ1) is 18.6. The molecule has 1 aliphatic heterocycles. The molecule has 2 atom stereocenters. The lowest BCUT2D eigenvalue weighted by Gasteiger charge is -2.35. The standard InChI is InChI=1S/C22H20ClN3O2S/c23-14-7-8-15-16(11-24-18(15)10-14)20(22(27)28)26-9-3-4-13(12-26)21-25-17-5-1-2-6-19(17)29-21/h1-2,5-8,10-11,13,20,24H,3-4,9,12H2,(H,27,28)/t13-,20-/m1/s1. The van der Waals surface area contributed by atoms with Crippen molar-refractivity contribution in [3.63, 3.8) is 0 Å². The van der Waals surface area contributed by atoms with Crippen LogP contribution >= 0.6 is 22.9 Å². The fraction of sp³-hybridized carbons (Fsp3) is 0.273. The van der Waals surface area contributed by atoms with E-state index in [4.69, 9.17) is 16.6 Å². The molecule has 29 heavy (non-hydrogen) atoms. The molecule has 0 unspecified atom stereocenters. The van der Waals surface area contributed by atoms with Gasteiger partial charge in [-0.05, 0) is 43.7 Å². The number of aliphatic carboxylic acids is 1. The summed E-state index contributed by atoms with van der Waals surface area (Å²) in [7, 11) is 0. The van der Waals surface area contributed by atoms with Gasteiger partial charge in [0.25, 0.3) is 0 Å². The Labute approximate surface area is 176 Å². The molecule has 5 nitrogen and oxygen atoms in total. The number of carbonyl (C=O) groups is 1. The summed E-state index contributed by atoms with van der Waals surface area (Å²) in [5, 5.41) is 12.7. The number of thiazole rings is 1. The molecule has 2 aromatic carbocycles. The van der Waals surface area contributed by atoms with Gasteiger partial charge in [-0.3, -0.25) is 9.69 Å². The first-order chi connectivity index (χ1) is 14.1. The van der Waals surface area contributed by atoms with E-state index in [0.717, 1.165) is 46.4 Å². The van der Waals surface area contributed by atoms with Crippen LogP contribution in [0.5, 0.6) is 0 Å². The number of piperidine rings is 1. The number of rotatable bonds is 4. The summed E-state index contributed by atoms with van der Waals surface area (Å²) in [4.78, 5) is 22.4. The molecule has 0 bridgehead atoms. The number of hydrogen-bond donors (Lipinski definition) is 2. The maximum absolute atomic E-state index is 12.3. The number of para-hydroxylation sites is 1. The number of carboxylic acid groups (broad SMARTS) is 1. The van der Waals surface area contributed by atoms with Gasteiger partial charge in [-0.25, -0.2) is 4.98 Å². The predicted molar refractivity (Wildman–Crippen MR) is 117 cm³/mol. The number of fused-ring (bicyclic) bond motifs is 2.